The van der Waals surface area contributed by atoms with Gasteiger partial charge in [-0.15, -0.1) is 69.1 Å². The minimum absolute atomic E-state index is 0.826. The first kappa shape index (κ1) is 41.4. The summed E-state index contributed by atoms with van der Waals surface area (Å²) in [5.74, 6) is 0. The molecule has 0 spiro atoms. The fourth-order valence-corrected chi connectivity index (χ4v) is 7.17. The SMILES string of the molecule is C[Si]C.Cc1cc(C)c(C)c(-c2cccc3[cH-]c(-c4ccccc4)cc23)c1.Cc1cc(C)c(C)c(-c2cccc3[cH-]c(-c4ccccc4)cc23)c1.[Cl][Zr+2][Cl]. The van der Waals surface area contributed by atoms with Gasteiger partial charge in [0.2, 0.25) is 0 Å². The maximum atomic E-state index is 4.93. The third-order valence-electron chi connectivity index (χ3n) is 9.92. The number of aryl methyl sites for hydroxylation is 4. The van der Waals surface area contributed by atoms with Crippen LogP contribution >= 0.6 is 17.0 Å². The summed E-state index contributed by atoms with van der Waals surface area (Å²) in [6.45, 7) is 17.5. The van der Waals surface area contributed by atoms with E-state index in [-0.39, 0.29) is 0 Å². The first-order valence-corrected chi connectivity index (χ1v) is 26.6. The van der Waals surface area contributed by atoms with E-state index >= 15 is 0 Å². The Bertz CT molecular complexity index is 2260. The van der Waals surface area contributed by atoms with Gasteiger partial charge in [0.25, 0.3) is 0 Å². The second-order valence-corrected chi connectivity index (χ2v) is 18.6. The second kappa shape index (κ2) is 19.7. The Hall–Kier alpha value is -3.78. The molecule has 0 aromatic heterocycles. The van der Waals surface area contributed by atoms with Crippen molar-refractivity contribution in [1.29, 1.82) is 0 Å². The van der Waals surface area contributed by atoms with Gasteiger partial charge in [0.05, 0.1) is 0 Å². The van der Waals surface area contributed by atoms with Crippen LogP contribution in [0, 0.1) is 41.5 Å². The van der Waals surface area contributed by atoms with Crippen molar-refractivity contribution in [1.82, 2.24) is 0 Å². The molecule has 2 radical (unpaired) electrons. The van der Waals surface area contributed by atoms with Crippen LogP contribution in [0.15, 0.2) is 146 Å². The van der Waals surface area contributed by atoms with E-state index in [2.05, 4.69) is 200 Å². The van der Waals surface area contributed by atoms with Crippen LogP contribution in [0.2, 0.25) is 13.1 Å². The van der Waals surface area contributed by atoms with Crippen molar-refractivity contribution < 1.29 is 20.8 Å². The van der Waals surface area contributed by atoms with Crippen molar-refractivity contribution in [2.75, 3.05) is 0 Å². The van der Waals surface area contributed by atoms with Gasteiger partial charge in [-0.1, -0.05) is 156 Å². The molecule has 270 valence electrons. The van der Waals surface area contributed by atoms with E-state index in [1.54, 1.807) is 0 Å². The van der Waals surface area contributed by atoms with Gasteiger partial charge in [0.15, 0.2) is 0 Å². The van der Waals surface area contributed by atoms with Gasteiger partial charge in [-0.05, 0) is 74.9 Å². The molecule has 0 aliphatic carbocycles. The third kappa shape index (κ3) is 9.90. The van der Waals surface area contributed by atoms with Gasteiger partial charge >= 0.3 is 37.9 Å². The van der Waals surface area contributed by atoms with Crippen LogP contribution in [0.1, 0.15) is 33.4 Å². The van der Waals surface area contributed by atoms with Crippen molar-refractivity contribution in [3.05, 3.63) is 179 Å². The monoisotopic (exact) mass is 836 g/mol. The molecule has 0 aliphatic heterocycles. The average molecular weight is 839 g/mol. The van der Waals surface area contributed by atoms with Crippen molar-refractivity contribution in [3.63, 3.8) is 0 Å². The van der Waals surface area contributed by atoms with Crippen molar-refractivity contribution in [2.45, 2.75) is 54.6 Å². The molecule has 0 atom stereocenters. The zero-order valence-electron chi connectivity index (χ0n) is 32.6. The van der Waals surface area contributed by atoms with Crippen molar-refractivity contribution >= 4 is 48.1 Å². The van der Waals surface area contributed by atoms with E-state index in [9.17, 15) is 0 Å². The first-order chi connectivity index (χ1) is 26.1. The minimum atomic E-state index is -0.826. The van der Waals surface area contributed by atoms with E-state index < -0.39 is 20.8 Å². The zero-order chi connectivity index (χ0) is 38.8. The zero-order valence-corrected chi connectivity index (χ0v) is 37.6. The van der Waals surface area contributed by atoms with E-state index in [4.69, 9.17) is 17.0 Å². The molecule has 8 aromatic rings. The number of fused-ring (bicyclic) bond motifs is 2. The molecule has 0 saturated heterocycles. The fourth-order valence-electron chi connectivity index (χ4n) is 7.17. The van der Waals surface area contributed by atoms with Crippen LogP contribution in [0.25, 0.3) is 66.1 Å². The number of hydrogen-bond acceptors (Lipinski definition) is 0. The molecule has 0 aliphatic rings. The van der Waals surface area contributed by atoms with Crippen LogP contribution in [-0.2, 0) is 20.8 Å². The summed E-state index contributed by atoms with van der Waals surface area (Å²) in [6, 6.07) is 52.9. The summed E-state index contributed by atoms with van der Waals surface area (Å²) in [4.78, 5) is 0. The van der Waals surface area contributed by atoms with E-state index in [0.29, 0.717) is 0 Å². The summed E-state index contributed by atoms with van der Waals surface area (Å²) >= 11 is -0.826. The Morgan fingerprint density at radius 1 is 0.444 bits per heavy atom. The number of rotatable bonds is 4. The van der Waals surface area contributed by atoms with Crippen molar-refractivity contribution in [2.24, 2.45) is 0 Å². The molecule has 0 nitrogen and oxygen atoms in total. The number of benzene rings is 6. The predicted octanol–water partition coefficient (Wildman–Crippen LogP) is 15.8. The maximum absolute atomic E-state index is 4.93. The molecule has 8 rings (SSSR count). The topological polar surface area (TPSA) is 0 Å². The van der Waals surface area contributed by atoms with E-state index in [0.717, 1.165) is 9.52 Å². The average Bonchev–Trinajstić information content (AvgIpc) is 3.82. The van der Waals surface area contributed by atoms with E-state index in [1.807, 2.05) is 0 Å². The molecular weight excluding hydrogens is 791 g/mol. The van der Waals surface area contributed by atoms with Crippen molar-refractivity contribution in [3.8, 4) is 44.5 Å². The summed E-state index contributed by atoms with van der Waals surface area (Å²) in [6.07, 6.45) is 0. The molecule has 0 bridgehead atoms. The Balaban J connectivity index is 0.000000182. The summed E-state index contributed by atoms with van der Waals surface area (Å²) in [7, 11) is 11.0. The molecule has 54 heavy (non-hydrogen) atoms. The van der Waals surface area contributed by atoms with Crippen LogP contribution in [0.3, 0.4) is 0 Å². The summed E-state index contributed by atoms with van der Waals surface area (Å²) in [5, 5.41) is 5.30. The van der Waals surface area contributed by atoms with Gasteiger partial charge in [-0.2, -0.15) is 0 Å². The summed E-state index contributed by atoms with van der Waals surface area (Å²) in [5.41, 5.74) is 18.6. The normalized spacial score (nSPS) is 10.4. The van der Waals surface area contributed by atoms with Crippen LogP contribution in [0.4, 0.5) is 0 Å². The third-order valence-corrected chi connectivity index (χ3v) is 9.92. The Morgan fingerprint density at radius 2 is 0.796 bits per heavy atom. The van der Waals surface area contributed by atoms with Gasteiger partial charge in [-0.3, -0.25) is 0 Å². The molecule has 0 unspecified atom stereocenters. The molecule has 4 heteroatoms. The predicted molar refractivity (Wildman–Crippen MR) is 238 cm³/mol. The molecule has 0 heterocycles. The van der Waals surface area contributed by atoms with Crippen LogP contribution < -0.4 is 0 Å². The first-order valence-electron chi connectivity index (χ1n) is 18.3. The van der Waals surface area contributed by atoms with Gasteiger partial charge in [0, 0.05) is 9.52 Å². The molecule has 0 N–H and O–H groups in total. The number of halogens is 2. The Kier molecular flexibility index (Phi) is 15.1. The molecule has 0 saturated carbocycles. The van der Waals surface area contributed by atoms with E-state index in [1.165, 1.54) is 99.4 Å². The summed E-state index contributed by atoms with van der Waals surface area (Å²) < 4.78 is 0. The quantitative estimate of drug-likeness (QED) is 0.122. The van der Waals surface area contributed by atoms with Crippen LogP contribution in [0.5, 0.6) is 0 Å². The Morgan fingerprint density at radius 3 is 1.15 bits per heavy atom. The van der Waals surface area contributed by atoms with Gasteiger partial charge in [-0.25, -0.2) is 0 Å². The standard InChI is InChI=1S/2C24H21.C2H6Si.2ClH.Zr/c2*1-16-12-17(2)18(3)23(13-16)22-11-7-10-20-14-21(15-24(20)22)19-8-5-4-6-9-19;1-3-2;;;/h2*4-15H,1-3H3;1-2H3;2*1H;/q2*-1;;;;+4/p-2. The number of hydrogen-bond donors (Lipinski definition) is 0. The van der Waals surface area contributed by atoms with Gasteiger partial charge < -0.3 is 0 Å². The fraction of sp³-hybridized carbons (Fsp3) is 0.160. The van der Waals surface area contributed by atoms with Crippen LogP contribution in [-0.4, -0.2) is 9.52 Å². The second-order valence-electron chi connectivity index (χ2n) is 13.9. The molecule has 0 amide bonds. The molecule has 8 aromatic carbocycles. The Labute approximate surface area is 344 Å². The van der Waals surface area contributed by atoms with Gasteiger partial charge in [0.1, 0.15) is 0 Å². The molecule has 0 fully saturated rings. The molecular formula is C50H48Cl2SiZr.